The summed E-state index contributed by atoms with van der Waals surface area (Å²) in [6.07, 6.45) is 0. The summed E-state index contributed by atoms with van der Waals surface area (Å²) in [7, 11) is 0. The monoisotopic (exact) mass is 802 g/mol. The van der Waals surface area contributed by atoms with Crippen LogP contribution in [-0.2, 0) is 10.8 Å². The van der Waals surface area contributed by atoms with E-state index in [4.69, 9.17) is 8.83 Å². The van der Waals surface area contributed by atoms with Crippen molar-refractivity contribution in [3.05, 3.63) is 174 Å². The second kappa shape index (κ2) is 13.0. The topological polar surface area (TPSA) is 32.8 Å². The summed E-state index contributed by atoms with van der Waals surface area (Å²) in [6.45, 7) is 16.2. The van der Waals surface area contributed by atoms with Crippen LogP contribution in [0.4, 0.5) is 34.1 Å². The van der Waals surface area contributed by atoms with Crippen LogP contribution >= 0.6 is 0 Å². The first kappa shape index (κ1) is 36.8. The van der Waals surface area contributed by atoms with Gasteiger partial charge in [-0.2, -0.15) is 0 Å². The Morgan fingerprint density at radius 3 is 1.84 bits per heavy atom. The highest BCUT2D eigenvalue weighted by atomic mass is 16.3. The van der Waals surface area contributed by atoms with Gasteiger partial charge in [-0.25, -0.2) is 0 Å². The summed E-state index contributed by atoms with van der Waals surface area (Å²) < 4.78 is 13.0. The van der Waals surface area contributed by atoms with E-state index in [1.807, 2.05) is 6.07 Å². The van der Waals surface area contributed by atoms with Gasteiger partial charge in [-0.05, 0) is 117 Å². The molecular formula is C57H47BN2O2. The number of nitrogens with zero attached hydrogens (tertiary/aromatic N) is 2. The molecular weight excluding hydrogens is 755 g/mol. The standard InChI is InChI=1S/C57H47BN2O2/c1-34-30-48-54-49(31-34)60(46-18-13-21-52-53(46)42-15-9-11-20-51(42)61-52)45-29-25-36(56(2,3)4)32-44(45)58(54)43-28-24-37(57(5,6)7)33-47(43)59(48)38-26-22-35(23-27-38)39-16-12-17-41-40-14-8-10-19-50(40)62-55(39)41/h8-33H,1-7H3. The zero-order valence-electron chi connectivity index (χ0n) is 36.3. The molecule has 0 aliphatic carbocycles. The van der Waals surface area contributed by atoms with E-state index in [1.54, 1.807) is 0 Å². The van der Waals surface area contributed by atoms with Crippen LogP contribution in [0, 0.1) is 6.92 Å². The van der Waals surface area contributed by atoms with Gasteiger partial charge in [-0.1, -0.05) is 139 Å². The zero-order valence-corrected chi connectivity index (χ0v) is 36.3. The van der Waals surface area contributed by atoms with Crippen molar-refractivity contribution < 1.29 is 8.83 Å². The fraction of sp³-hybridized carbons (Fsp3) is 0.158. The third-order valence-electron chi connectivity index (χ3n) is 13.4. The fourth-order valence-corrected chi connectivity index (χ4v) is 10.3. The molecule has 2 aromatic heterocycles. The van der Waals surface area contributed by atoms with Crippen LogP contribution in [0.25, 0.3) is 55.0 Å². The Morgan fingerprint density at radius 2 is 1.08 bits per heavy atom. The van der Waals surface area contributed by atoms with E-state index in [1.165, 1.54) is 55.8 Å². The van der Waals surface area contributed by atoms with Gasteiger partial charge in [0.05, 0.1) is 11.1 Å². The lowest BCUT2D eigenvalue weighted by molar-refractivity contribution is 0.590. The molecule has 62 heavy (non-hydrogen) atoms. The first-order chi connectivity index (χ1) is 29.9. The van der Waals surface area contributed by atoms with E-state index in [9.17, 15) is 0 Å². The van der Waals surface area contributed by atoms with Gasteiger partial charge in [0, 0.05) is 50.2 Å². The molecule has 2 aliphatic rings. The lowest BCUT2D eigenvalue weighted by atomic mass is 9.33. The lowest BCUT2D eigenvalue weighted by Gasteiger charge is -2.45. The van der Waals surface area contributed by atoms with Gasteiger partial charge in [0.25, 0.3) is 6.71 Å². The van der Waals surface area contributed by atoms with Gasteiger partial charge in [0.2, 0.25) is 0 Å². The normalized spacial score (nSPS) is 13.6. The number of furan rings is 2. The van der Waals surface area contributed by atoms with Gasteiger partial charge in [-0.3, -0.25) is 0 Å². The molecule has 300 valence electrons. The minimum atomic E-state index is -0.0411. The van der Waals surface area contributed by atoms with Crippen molar-refractivity contribution in [2.24, 2.45) is 0 Å². The Labute approximate surface area is 363 Å². The van der Waals surface area contributed by atoms with E-state index in [0.29, 0.717) is 0 Å². The first-order valence-electron chi connectivity index (χ1n) is 21.9. The second-order valence-corrected chi connectivity index (χ2v) is 19.4. The predicted molar refractivity (Wildman–Crippen MR) is 263 cm³/mol. The summed E-state index contributed by atoms with van der Waals surface area (Å²) in [5.74, 6) is 0. The average Bonchev–Trinajstić information content (AvgIpc) is 3.84. The van der Waals surface area contributed by atoms with Gasteiger partial charge in [-0.15, -0.1) is 0 Å². The number of anilines is 6. The van der Waals surface area contributed by atoms with Gasteiger partial charge in [0.15, 0.2) is 0 Å². The highest BCUT2D eigenvalue weighted by molar-refractivity contribution is 7.00. The molecule has 0 spiro atoms. The molecule has 0 amide bonds. The summed E-state index contributed by atoms with van der Waals surface area (Å²) in [5, 5.41) is 4.52. The molecule has 4 heterocycles. The van der Waals surface area contributed by atoms with Crippen LogP contribution < -0.4 is 26.2 Å². The number of benzene rings is 8. The van der Waals surface area contributed by atoms with Gasteiger partial charge < -0.3 is 18.6 Å². The summed E-state index contributed by atoms with van der Waals surface area (Å²) >= 11 is 0. The maximum atomic E-state index is 6.52. The molecule has 0 saturated heterocycles. The number of aryl methyl sites for hydroxylation is 1. The number of hydrogen-bond donors (Lipinski definition) is 0. The molecule has 5 heteroatoms. The lowest BCUT2D eigenvalue weighted by Crippen LogP contribution is -2.61. The molecule has 10 aromatic rings. The van der Waals surface area contributed by atoms with E-state index in [-0.39, 0.29) is 17.5 Å². The van der Waals surface area contributed by atoms with Crippen LogP contribution in [0.1, 0.15) is 58.2 Å². The minimum absolute atomic E-state index is 0.0136. The first-order valence-corrected chi connectivity index (χ1v) is 21.9. The molecule has 0 unspecified atom stereocenters. The van der Waals surface area contributed by atoms with Crippen LogP contribution in [0.5, 0.6) is 0 Å². The van der Waals surface area contributed by atoms with Crippen molar-refractivity contribution in [2.75, 3.05) is 9.80 Å². The molecule has 0 saturated carbocycles. The molecule has 0 atom stereocenters. The van der Waals surface area contributed by atoms with Crippen LogP contribution in [0.2, 0.25) is 0 Å². The van der Waals surface area contributed by atoms with E-state index >= 15 is 0 Å². The van der Waals surface area contributed by atoms with Crippen molar-refractivity contribution in [3.8, 4) is 11.1 Å². The summed E-state index contributed by atoms with van der Waals surface area (Å²) in [5.41, 5.74) is 20.6. The van der Waals surface area contributed by atoms with Crippen molar-refractivity contribution in [1.29, 1.82) is 0 Å². The van der Waals surface area contributed by atoms with E-state index < -0.39 is 0 Å². The number of fused-ring (bicyclic) bond motifs is 10. The fourth-order valence-electron chi connectivity index (χ4n) is 10.3. The second-order valence-electron chi connectivity index (χ2n) is 19.4. The Balaban J connectivity index is 1.12. The molecule has 0 fully saturated rings. The number of rotatable bonds is 3. The minimum Gasteiger partial charge on any atom is -0.456 e. The average molecular weight is 803 g/mol. The molecule has 0 bridgehead atoms. The SMILES string of the molecule is Cc1cc2c3c(c1)N(c1cccc4oc5ccccc5c14)c1ccc(C(C)(C)C)cc1B3c1ccc(C(C)(C)C)cc1N2c1ccc(-c2cccc3c2oc2ccccc23)cc1. The van der Waals surface area contributed by atoms with E-state index in [0.717, 1.165) is 66.4 Å². The van der Waals surface area contributed by atoms with Crippen LogP contribution in [0.15, 0.2) is 167 Å². The molecule has 8 aromatic carbocycles. The molecule has 4 nitrogen and oxygen atoms in total. The molecule has 0 radical (unpaired) electrons. The highest BCUT2D eigenvalue weighted by Gasteiger charge is 2.44. The molecule has 2 aliphatic heterocycles. The Hall–Kier alpha value is -6.98. The van der Waals surface area contributed by atoms with Crippen molar-refractivity contribution in [1.82, 2.24) is 0 Å². The largest absolute Gasteiger partial charge is 0.456 e. The number of hydrogen-bond acceptors (Lipinski definition) is 4. The zero-order chi connectivity index (χ0) is 42.2. The molecule has 0 N–H and O–H groups in total. The van der Waals surface area contributed by atoms with Crippen molar-refractivity contribution in [3.63, 3.8) is 0 Å². The maximum Gasteiger partial charge on any atom is 0.252 e. The Morgan fingerprint density at radius 1 is 0.452 bits per heavy atom. The highest BCUT2D eigenvalue weighted by Crippen LogP contribution is 2.49. The van der Waals surface area contributed by atoms with Crippen LogP contribution in [-0.4, -0.2) is 6.71 Å². The van der Waals surface area contributed by atoms with Crippen molar-refractivity contribution in [2.45, 2.75) is 59.3 Å². The van der Waals surface area contributed by atoms with Gasteiger partial charge in [0.1, 0.15) is 22.3 Å². The smallest absolute Gasteiger partial charge is 0.252 e. The quantitative estimate of drug-likeness (QED) is 0.167. The maximum absolute atomic E-state index is 6.52. The Bertz CT molecular complexity index is 3470. The number of para-hydroxylation sites is 3. The summed E-state index contributed by atoms with van der Waals surface area (Å²) in [6, 6.07) is 58.1. The van der Waals surface area contributed by atoms with E-state index in [2.05, 4.69) is 210 Å². The third kappa shape index (κ3) is 5.40. The third-order valence-corrected chi connectivity index (χ3v) is 13.4. The van der Waals surface area contributed by atoms with Gasteiger partial charge >= 0.3 is 0 Å². The van der Waals surface area contributed by atoms with Crippen LogP contribution in [0.3, 0.4) is 0 Å². The summed E-state index contributed by atoms with van der Waals surface area (Å²) in [4.78, 5) is 5.06. The molecule has 12 rings (SSSR count). The van der Waals surface area contributed by atoms with Crippen molar-refractivity contribution >= 4 is 101 Å². The predicted octanol–water partition coefficient (Wildman–Crippen LogP) is 14.1. The Kier molecular flexibility index (Phi) is 7.73.